The fraction of sp³-hybridized carbons (Fsp3) is 0.222. The summed E-state index contributed by atoms with van der Waals surface area (Å²) in [5.41, 5.74) is -5.66. The first kappa shape index (κ1) is 15.1. The van der Waals surface area contributed by atoms with E-state index in [1.54, 1.807) is 0 Å². The number of carbonyl (C=O) groups is 1. The standard InChI is InChI=1S/C9H7F3O6S/c1-16-8(13)7(5-6-3-2-4-17-6)18-19(14,15)9(10,11)12/h2-5H,1H3/b7-5+. The molecule has 0 spiro atoms. The quantitative estimate of drug-likeness (QED) is 0.276. The summed E-state index contributed by atoms with van der Waals surface area (Å²) in [5, 5.41) is 0. The lowest BCUT2D eigenvalue weighted by atomic mass is 10.3. The van der Waals surface area contributed by atoms with Gasteiger partial charge in [0.1, 0.15) is 5.76 Å². The number of hydrogen-bond donors (Lipinski definition) is 0. The molecule has 1 aromatic rings. The first-order chi connectivity index (χ1) is 8.67. The number of alkyl halides is 3. The SMILES string of the molecule is COC(=O)/C(=C\c1ccco1)OS(=O)(=O)C(F)(F)F. The Bertz CT molecular complexity index is 570. The molecule has 0 aliphatic rings. The molecule has 0 bridgehead atoms. The van der Waals surface area contributed by atoms with E-state index in [9.17, 15) is 26.4 Å². The molecule has 0 saturated heterocycles. The van der Waals surface area contributed by atoms with Crippen molar-refractivity contribution in [2.24, 2.45) is 0 Å². The fourth-order valence-electron chi connectivity index (χ4n) is 0.886. The van der Waals surface area contributed by atoms with E-state index in [4.69, 9.17) is 4.42 Å². The highest BCUT2D eigenvalue weighted by Crippen LogP contribution is 2.27. The summed E-state index contributed by atoms with van der Waals surface area (Å²) >= 11 is 0. The van der Waals surface area contributed by atoms with Crippen LogP contribution in [0.5, 0.6) is 0 Å². The van der Waals surface area contributed by atoms with E-state index in [0.29, 0.717) is 6.08 Å². The second kappa shape index (κ2) is 5.34. The first-order valence-electron chi connectivity index (χ1n) is 4.51. The van der Waals surface area contributed by atoms with Gasteiger partial charge in [-0.05, 0) is 12.1 Å². The Morgan fingerprint density at radius 3 is 2.47 bits per heavy atom. The number of esters is 1. The van der Waals surface area contributed by atoms with Gasteiger partial charge in [-0.3, -0.25) is 0 Å². The summed E-state index contributed by atoms with van der Waals surface area (Å²) in [7, 11) is -5.12. The molecular formula is C9H7F3O6S. The lowest BCUT2D eigenvalue weighted by molar-refractivity contribution is -0.138. The molecule has 0 aromatic carbocycles. The number of hydrogen-bond acceptors (Lipinski definition) is 6. The summed E-state index contributed by atoms with van der Waals surface area (Å²) in [6, 6.07) is 2.64. The third kappa shape index (κ3) is 3.74. The van der Waals surface area contributed by atoms with Crippen LogP contribution in [0, 0.1) is 0 Å². The van der Waals surface area contributed by atoms with Crippen LogP contribution in [0.1, 0.15) is 5.76 Å². The van der Waals surface area contributed by atoms with E-state index >= 15 is 0 Å². The van der Waals surface area contributed by atoms with Gasteiger partial charge >= 0.3 is 21.6 Å². The predicted molar refractivity (Wildman–Crippen MR) is 54.8 cm³/mol. The topological polar surface area (TPSA) is 82.8 Å². The average Bonchev–Trinajstić information content (AvgIpc) is 2.78. The average molecular weight is 300 g/mol. The van der Waals surface area contributed by atoms with Crippen molar-refractivity contribution in [3.8, 4) is 0 Å². The van der Waals surface area contributed by atoms with E-state index in [1.165, 1.54) is 18.4 Å². The van der Waals surface area contributed by atoms with Gasteiger partial charge in [0.2, 0.25) is 5.76 Å². The predicted octanol–water partition coefficient (Wildman–Crippen LogP) is 1.66. The van der Waals surface area contributed by atoms with Crippen molar-refractivity contribution in [2.45, 2.75) is 5.51 Å². The van der Waals surface area contributed by atoms with Crippen molar-refractivity contribution in [3.05, 3.63) is 29.9 Å². The number of halogens is 3. The molecule has 0 aliphatic carbocycles. The molecule has 0 fully saturated rings. The molecule has 106 valence electrons. The maximum Gasteiger partial charge on any atom is 0.534 e. The van der Waals surface area contributed by atoms with E-state index in [1.807, 2.05) is 0 Å². The van der Waals surface area contributed by atoms with Crippen LogP contribution in [0.15, 0.2) is 28.6 Å². The van der Waals surface area contributed by atoms with Gasteiger partial charge in [0, 0.05) is 6.08 Å². The Kier molecular flexibility index (Phi) is 4.24. The highest BCUT2D eigenvalue weighted by atomic mass is 32.2. The molecule has 1 heterocycles. The highest BCUT2D eigenvalue weighted by molar-refractivity contribution is 7.87. The second-order valence-corrected chi connectivity index (χ2v) is 4.54. The lowest BCUT2D eigenvalue weighted by Crippen LogP contribution is -2.27. The number of methoxy groups -OCH3 is 1. The molecule has 1 aromatic heterocycles. The van der Waals surface area contributed by atoms with E-state index in [0.717, 1.165) is 7.11 Å². The third-order valence-electron chi connectivity index (χ3n) is 1.69. The van der Waals surface area contributed by atoms with Gasteiger partial charge in [-0.2, -0.15) is 21.6 Å². The second-order valence-electron chi connectivity index (χ2n) is 3.00. The van der Waals surface area contributed by atoms with Crippen molar-refractivity contribution in [3.63, 3.8) is 0 Å². The minimum atomic E-state index is -5.97. The molecule has 0 amide bonds. The Labute approximate surface area is 105 Å². The number of rotatable bonds is 4. The van der Waals surface area contributed by atoms with Crippen LogP contribution in [0.2, 0.25) is 0 Å². The summed E-state index contributed by atoms with van der Waals surface area (Å²) in [5.74, 6) is -2.66. The monoisotopic (exact) mass is 300 g/mol. The Balaban J connectivity index is 3.12. The van der Waals surface area contributed by atoms with Crippen molar-refractivity contribution < 1.29 is 39.7 Å². The molecular weight excluding hydrogens is 293 g/mol. The van der Waals surface area contributed by atoms with Gasteiger partial charge in [0.05, 0.1) is 13.4 Å². The summed E-state index contributed by atoms with van der Waals surface area (Å²) in [6.07, 6.45) is 1.83. The molecule has 10 heteroatoms. The smallest absolute Gasteiger partial charge is 0.465 e. The maximum atomic E-state index is 12.1. The van der Waals surface area contributed by atoms with Crippen molar-refractivity contribution in [1.82, 2.24) is 0 Å². The van der Waals surface area contributed by atoms with Crippen molar-refractivity contribution in [1.29, 1.82) is 0 Å². The number of ether oxygens (including phenoxy) is 1. The molecule has 1 rings (SSSR count). The van der Waals surface area contributed by atoms with Gasteiger partial charge in [0.25, 0.3) is 0 Å². The third-order valence-corrected chi connectivity index (χ3v) is 2.65. The van der Waals surface area contributed by atoms with Crippen LogP contribution >= 0.6 is 0 Å². The van der Waals surface area contributed by atoms with Crippen LogP contribution in [0.3, 0.4) is 0 Å². The Morgan fingerprint density at radius 2 is 2.05 bits per heavy atom. The lowest BCUT2D eigenvalue weighted by Gasteiger charge is -2.10. The van der Waals surface area contributed by atoms with Gasteiger partial charge < -0.3 is 13.3 Å². The Hall–Kier alpha value is -1.97. The highest BCUT2D eigenvalue weighted by Gasteiger charge is 2.49. The molecule has 19 heavy (non-hydrogen) atoms. The summed E-state index contributed by atoms with van der Waals surface area (Å²) in [4.78, 5) is 11.2. The van der Waals surface area contributed by atoms with Crippen LogP contribution < -0.4 is 0 Å². The largest absolute Gasteiger partial charge is 0.534 e. The first-order valence-corrected chi connectivity index (χ1v) is 5.92. The molecule has 0 unspecified atom stereocenters. The van der Waals surface area contributed by atoms with Crippen LogP contribution in [0.4, 0.5) is 13.2 Å². The zero-order valence-corrected chi connectivity index (χ0v) is 10.1. The Morgan fingerprint density at radius 1 is 1.42 bits per heavy atom. The molecule has 6 nitrogen and oxygen atoms in total. The van der Waals surface area contributed by atoms with Gasteiger partial charge in [-0.1, -0.05) is 0 Å². The zero-order valence-electron chi connectivity index (χ0n) is 9.30. The van der Waals surface area contributed by atoms with E-state index < -0.39 is 27.4 Å². The van der Waals surface area contributed by atoms with Gasteiger partial charge in [-0.25, -0.2) is 4.79 Å². The normalized spacial score (nSPS) is 13.2. The molecule has 0 aliphatic heterocycles. The molecule has 0 atom stereocenters. The number of carbonyl (C=O) groups excluding carboxylic acids is 1. The maximum absolute atomic E-state index is 12.1. The van der Waals surface area contributed by atoms with E-state index in [-0.39, 0.29) is 5.76 Å². The van der Waals surface area contributed by atoms with E-state index in [2.05, 4.69) is 8.92 Å². The van der Waals surface area contributed by atoms with Gasteiger partial charge in [0.15, 0.2) is 0 Å². The zero-order chi connectivity index (χ0) is 14.7. The number of furan rings is 1. The van der Waals surface area contributed by atoms with Crippen LogP contribution in [-0.4, -0.2) is 27.0 Å². The van der Waals surface area contributed by atoms with Crippen LogP contribution in [-0.2, 0) is 23.8 Å². The fourth-order valence-corrected chi connectivity index (χ4v) is 1.33. The van der Waals surface area contributed by atoms with Gasteiger partial charge in [-0.15, -0.1) is 0 Å². The summed E-state index contributed by atoms with van der Waals surface area (Å²) in [6.45, 7) is 0. The van der Waals surface area contributed by atoms with Crippen molar-refractivity contribution in [2.75, 3.05) is 7.11 Å². The van der Waals surface area contributed by atoms with Crippen molar-refractivity contribution >= 4 is 22.2 Å². The van der Waals surface area contributed by atoms with Crippen LogP contribution in [0.25, 0.3) is 6.08 Å². The molecule has 0 saturated carbocycles. The minimum Gasteiger partial charge on any atom is -0.465 e. The molecule has 0 N–H and O–H groups in total. The molecule has 0 radical (unpaired) electrons. The summed E-state index contributed by atoms with van der Waals surface area (Å²) < 4.78 is 70.5. The minimum absolute atomic E-state index is 0.0854.